The Labute approximate surface area is 104 Å². The highest BCUT2D eigenvalue weighted by Gasteiger charge is 2.13. The lowest BCUT2D eigenvalue weighted by Gasteiger charge is -2.05. The molecule has 1 rings (SSSR count). The summed E-state index contributed by atoms with van der Waals surface area (Å²) >= 11 is 0. The van der Waals surface area contributed by atoms with Crippen LogP contribution in [0.4, 0.5) is 0 Å². The molecule has 0 spiro atoms. The van der Waals surface area contributed by atoms with Gasteiger partial charge in [0.2, 0.25) is 0 Å². The van der Waals surface area contributed by atoms with Crippen LogP contribution in [-0.2, 0) is 6.42 Å². The van der Waals surface area contributed by atoms with Crippen LogP contribution in [0.15, 0.2) is 36.4 Å². The highest BCUT2D eigenvalue weighted by molar-refractivity contribution is 6.59. The SMILES string of the molecule is CCCCC/C=C\Cc1ccccc1B(O)O. The minimum atomic E-state index is -1.38. The lowest BCUT2D eigenvalue weighted by molar-refractivity contribution is 0.425. The first-order valence-electron chi connectivity index (χ1n) is 6.34. The summed E-state index contributed by atoms with van der Waals surface area (Å²) in [7, 11) is -1.38. The molecular weight excluding hydrogens is 211 g/mol. The predicted molar refractivity (Wildman–Crippen MR) is 73.3 cm³/mol. The highest BCUT2D eigenvalue weighted by atomic mass is 16.4. The van der Waals surface area contributed by atoms with Gasteiger partial charge in [-0.2, -0.15) is 0 Å². The summed E-state index contributed by atoms with van der Waals surface area (Å²) < 4.78 is 0. The van der Waals surface area contributed by atoms with Gasteiger partial charge in [0, 0.05) is 0 Å². The lowest BCUT2D eigenvalue weighted by atomic mass is 9.76. The Morgan fingerprint density at radius 2 is 1.88 bits per heavy atom. The molecule has 0 aliphatic rings. The molecule has 2 N–H and O–H groups in total. The predicted octanol–water partition coefficient (Wildman–Crippen LogP) is 2.05. The Balaban J connectivity index is 2.45. The Morgan fingerprint density at radius 1 is 1.12 bits per heavy atom. The second-order valence-electron chi connectivity index (χ2n) is 4.24. The molecule has 3 heteroatoms. The van der Waals surface area contributed by atoms with Crippen molar-refractivity contribution >= 4 is 12.6 Å². The quantitative estimate of drug-likeness (QED) is 0.429. The van der Waals surface area contributed by atoms with Gasteiger partial charge < -0.3 is 10.0 Å². The van der Waals surface area contributed by atoms with Crippen LogP contribution in [0.2, 0.25) is 0 Å². The zero-order chi connectivity index (χ0) is 12.5. The van der Waals surface area contributed by atoms with Crippen LogP contribution in [-0.4, -0.2) is 17.2 Å². The van der Waals surface area contributed by atoms with E-state index in [1.165, 1.54) is 19.3 Å². The van der Waals surface area contributed by atoms with Gasteiger partial charge in [-0.3, -0.25) is 0 Å². The van der Waals surface area contributed by atoms with Crippen molar-refractivity contribution in [2.75, 3.05) is 0 Å². The van der Waals surface area contributed by atoms with E-state index < -0.39 is 7.12 Å². The largest absolute Gasteiger partial charge is 0.488 e. The van der Waals surface area contributed by atoms with E-state index in [0.717, 1.165) is 18.4 Å². The van der Waals surface area contributed by atoms with E-state index >= 15 is 0 Å². The van der Waals surface area contributed by atoms with E-state index in [1.54, 1.807) is 6.07 Å². The van der Waals surface area contributed by atoms with Gasteiger partial charge in [-0.25, -0.2) is 0 Å². The van der Waals surface area contributed by atoms with Crippen molar-refractivity contribution in [3.05, 3.63) is 42.0 Å². The molecule has 0 atom stereocenters. The maximum absolute atomic E-state index is 9.21. The Bertz CT molecular complexity index is 348. The third-order valence-electron chi connectivity index (χ3n) is 2.81. The fourth-order valence-electron chi connectivity index (χ4n) is 1.81. The van der Waals surface area contributed by atoms with Gasteiger partial charge in [-0.1, -0.05) is 56.2 Å². The monoisotopic (exact) mass is 232 g/mol. The van der Waals surface area contributed by atoms with Crippen LogP contribution >= 0.6 is 0 Å². The van der Waals surface area contributed by atoms with Crippen molar-refractivity contribution in [3.63, 3.8) is 0 Å². The van der Waals surface area contributed by atoms with Crippen LogP contribution in [0.25, 0.3) is 0 Å². The van der Waals surface area contributed by atoms with E-state index in [0.29, 0.717) is 5.46 Å². The van der Waals surface area contributed by atoms with Gasteiger partial charge in [-0.05, 0) is 30.3 Å². The standard InChI is InChI=1S/C14H21BO2/c1-2-3-4-5-6-7-10-13-11-8-9-12-14(13)15(16)17/h6-9,11-12,16-17H,2-5,10H2,1H3/b7-6-. The molecule has 0 aliphatic heterocycles. The maximum atomic E-state index is 9.21. The smallest absolute Gasteiger partial charge is 0.423 e. The van der Waals surface area contributed by atoms with Crippen molar-refractivity contribution in [2.45, 2.75) is 39.0 Å². The topological polar surface area (TPSA) is 40.5 Å². The van der Waals surface area contributed by atoms with Crippen molar-refractivity contribution < 1.29 is 10.0 Å². The van der Waals surface area contributed by atoms with Crippen molar-refractivity contribution in [1.29, 1.82) is 0 Å². The van der Waals surface area contributed by atoms with Gasteiger partial charge >= 0.3 is 7.12 Å². The molecule has 1 aromatic rings. The molecule has 0 saturated carbocycles. The minimum Gasteiger partial charge on any atom is -0.423 e. The number of benzene rings is 1. The summed E-state index contributed by atoms with van der Waals surface area (Å²) in [5, 5.41) is 18.4. The molecule has 0 bridgehead atoms. The molecule has 0 fully saturated rings. The second kappa shape index (κ2) is 8.10. The van der Waals surface area contributed by atoms with Crippen LogP contribution in [0.3, 0.4) is 0 Å². The van der Waals surface area contributed by atoms with Crippen LogP contribution in [0, 0.1) is 0 Å². The average molecular weight is 232 g/mol. The molecule has 1 aromatic carbocycles. The maximum Gasteiger partial charge on any atom is 0.488 e. The fourth-order valence-corrected chi connectivity index (χ4v) is 1.81. The fraction of sp³-hybridized carbons (Fsp3) is 0.429. The van der Waals surface area contributed by atoms with E-state index in [4.69, 9.17) is 0 Å². The molecule has 0 unspecified atom stereocenters. The van der Waals surface area contributed by atoms with Crippen molar-refractivity contribution in [3.8, 4) is 0 Å². The third-order valence-corrected chi connectivity index (χ3v) is 2.81. The number of hydrogen-bond acceptors (Lipinski definition) is 2. The summed E-state index contributed by atoms with van der Waals surface area (Å²) in [6, 6.07) is 7.44. The van der Waals surface area contributed by atoms with Crippen LogP contribution < -0.4 is 5.46 Å². The molecule has 2 nitrogen and oxygen atoms in total. The number of rotatable bonds is 7. The van der Waals surface area contributed by atoms with Gasteiger partial charge in [0.1, 0.15) is 0 Å². The average Bonchev–Trinajstić information content (AvgIpc) is 2.34. The van der Waals surface area contributed by atoms with Crippen LogP contribution in [0.5, 0.6) is 0 Å². The van der Waals surface area contributed by atoms with Crippen molar-refractivity contribution in [1.82, 2.24) is 0 Å². The summed E-state index contributed by atoms with van der Waals surface area (Å²) in [6.45, 7) is 2.20. The highest BCUT2D eigenvalue weighted by Crippen LogP contribution is 2.03. The summed E-state index contributed by atoms with van der Waals surface area (Å²) in [4.78, 5) is 0. The summed E-state index contributed by atoms with van der Waals surface area (Å²) in [5.41, 5.74) is 1.58. The Hall–Kier alpha value is -1.06. The summed E-state index contributed by atoms with van der Waals surface area (Å²) in [5.74, 6) is 0. The van der Waals surface area contributed by atoms with Crippen molar-refractivity contribution in [2.24, 2.45) is 0 Å². The molecule has 0 aliphatic carbocycles. The van der Waals surface area contributed by atoms with E-state index in [-0.39, 0.29) is 0 Å². The molecule has 92 valence electrons. The Morgan fingerprint density at radius 3 is 2.59 bits per heavy atom. The summed E-state index contributed by atoms with van der Waals surface area (Å²) in [6.07, 6.45) is 9.91. The molecule has 0 amide bonds. The Kier molecular flexibility index (Phi) is 6.67. The first kappa shape index (κ1) is 14.0. The lowest BCUT2D eigenvalue weighted by Crippen LogP contribution is -2.32. The van der Waals surface area contributed by atoms with Gasteiger partial charge in [-0.15, -0.1) is 0 Å². The first-order valence-corrected chi connectivity index (χ1v) is 6.34. The number of hydrogen-bond donors (Lipinski definition) is 2. The van der Waals surface area contributed by atoms with E-state index in [1.807, 2.05) is 18.2 Å². The number of allylic oxidation sites excluding steroid dienone is 2. The molecule has 0 heterocycles. The van der Waals surface area contributed by atoms with Gasteiger partial charge in [0.05, 0.1) is 0 Å². The zero-order valence-corrected chi connectivity index (χ0v) is 10.5. The minimum absolute atomic E-state index is 0.603. The molecule has 0 radical (unpaired) electrons. The van der Waals surface area contributed by atoms with E-state index in [9.17, 15) is 10.0 Å². The molecular formula is C14H21BO2. The normalized spacial score (nSPS) is 11.0. The van der Waals surface area contributed by atoms with Gasteiger partial charge in [0.15, 0.2) is 0 Å². The van der Waals surface area contributed by atoms with Gasteiger partial charge in [0.25, 0.3) is 0 Å². The van der Waals surface area contributed by atoms with E-state index in [2.05, 4.69) is 19.1 Å². The first-order chi connectivity index (χ1) is 8.25. The van der Waals surface area contributed by atoms with Crippen LogP contribution in [0.1, 0.15) is 38.2 Å². The third kappa shape index (κ3) is 5.20. The molecule has 0 saturated heterocycles. The zero-order valence-electron chi connectivity index (χ0n) is 10.5. The number of unbranched alkanes of at least 4 members (excludes halogenated alkanes) is 3. The molecule has 0 aromatic heterocycles. The molecule has 17 heavy (non-hydrogen) atoms. The second-order valence-corrected chi connectivity index (χ2v) is 4.24.